The number of carbonyl (C=O) groups excluding carboxylic acids is 2. The first-order valence-electron chi connectivity index (χ1n) is 7.54. The highest BCUT2D eigenvalue weighted by Crippen LogP contribution is 2.36. The van der Waals surface area contributed by atoms with Gasteiger partial charge < -0.3 is 9.47 Å². The number of benzene rings is 1. The third-order valence-electron chi connectivity index (χ3n) is 3.34. The van der Waals surface area contributed by atoms with Crippen molar-refractivity contribution in [3.05, 3.63) is 53.3 Å². The van der Waals surface area contributed by atoms with Crippen molar-refractivity contribution >= 4 is 11.9 Å². The van der Waals surface area contributed by atoms with E-state index in [4.69, 9.17) is 0 Å². The average Bonchev–Trinajstić information content (AvgIpc) is 2.53. The van der Waals surface area contributed by atoms with Crippen molar-refractivity contribution in [2.45, 2.75) is 31.6 Å². The molecule has 0 saturated heterocycles. The molecule has 0 saturated carbocycles. The van der Waals surface area contributed by atoms with Crippen LogP contribution in [0.15, 0.2) is 47.7 Å². The van der Waals surface area contributed by atoms with Crippen molar-refractivity contribution in [1.82, 2.24) is 0 Å². The number of rotatable bonds is 4. The van der Waals surface area contributed by atoms with Gasteiger partial charge in [-0.25, -0.2) is 0 Å². The summed E-state index contributed by atoms with van der Waals surface area (Å²) in [5, 5.41) is 0. The lowest BCUT2D eigenvalue weighted by molar-refractivity contribution is -0.148. The average molecular weight is 394 g/mol. The second-order valence-corrected chi connectivity index (χ2v) is 5.38. The number of ether oxygens (including phenoxy) is 2. The van der Waals surface area contributed by atoms with E-state index in [9.17, 15) is 35.9 Å². The number of hydrogen-bond donors (Lipinski definition) is 0. The molecule has 146 valence electrons. The Hall–Kier alpha value is -2.78. The van der Waals surface area contributed by atoms with Crippen LogP contribution >= 0.6 is 0 Å². The highest BCUT2D eigenvalue weighted by atomic mass is 19.4. The van der Waals surface area contributed by atoms with E-state index in [-0.39, 0.29) is 12.8 Å². The van der Waals surface area contributed by atoms with Crippen molar-refractivity contribution < 1.29 is 45.4 Å². The maximum atomic E-state index is 12.8. The smallest absolute Gasteiger partial charge is 0.419 e. The van der Waals surface area contributed by atoms with Gasteiger partial charge in [-0.15, -0.1) is 0 Å². The van der Waals surface area contributed by atoms with Crippen LogP contribution in [0.5, 0.6) is 5.75 Å². The molecule has 0 fully saturated rings. The van der Waals surface area contributed by atoms with E-state index in [0.717, 1.165) is 24.3 Å². The summed E-state index contributed by atoms with van der Waals surface area (Å²) in [7, 11) is 0. The Morgan fingerprint density at radius 2 is 1.44 bits per heavy atom. The van der Waals surface area contributed by atoms with E-state index >= 15 is 0 Å². The Morgan fingerprint density at radius 3 is 2.07 bits per heavy atom. The molecule has 0 heterocycles. The number of esters is 2. The largest absolute Gasteiger partial charge is 0.426 e. The van der Waals surface area contributed by atoms with Crippen LogP contribution in [0.2, 0.25) is 0 Å². The quantitative estimate of drug-likeness (QED) is 0.321. The summed E-state index contributed by atoms with van der Waals surface area (Å²) in [6.45, 7) is 0. The highest BCUT2D eigenvalue weighted by Gasteiger charge is 2.39. The van der Waals surface area contributed by atoms with Crippen LogP contribution in [-0.2, 0) is 20.5 Å². The fraction of sp³-hybridized carbons (Fsp3) is 0.294. The van der Waals surface area contributed by atoms with Crippen molar-refractivity contribution in [3.63, 3.8) is 0 Å². The zero-order valence-electron chi connectivity index (χ0n) is 13.5. The lowest BCUT2D eigenvalue weighted by Crippen LogP contribution is -2.22. The van der Waals surface area contributed by atoms with E-state index in [2.05, 4.69) is 9.47 Å². The van der Waals surface area contributed by atoms with Crippen LogP contribution in [0.3, 0.4) is 0 Å². The molecular weight excluding hydrogens is 382 g/mol. The van der Waals surface area contributed by atoms with Gasteiger partial charge in [-0.05, 0) is 31.1 Å². The molecule has 1 aliphatic carbocycles. The molecule has 0 bridgehead atoms. The van der Waals surface area contributed by atoms with Gasteiger partial charge in [-0.1, -0.05) is 18.2 Å². The summed E-state index contributed by atoms with van der Waals surface area (Å²) in [5.74, 6) is -4.35. The van der Waals surface area contributed by atoms with E-state index in [1.54, 1.807) is 0 Å². The monoisotopic (exact) mass is 394 g/mol. The molecule has 0 aromatic heterocycles. The summed E-state index contributed by atoms with van der Waals surface area (Å²) in [6, 6.07) is 3.81. The molecule has 10 heteroatoms. The molecule has 0 spiro atoms. The lowest BCUT2D eigenvalue weighted by Gasteiger charge is -2.18. The Bertz CT molecular complexity index is 789. The highest BCUT2D eigenvalue weighted by molar-refractivity contribution is 5.92. The van der Waals surface area contributed by atoms with Crippen LogP contribution in [0.4, 0.5) is 26.3 Å². The second-order valence-electron chi connectivity index (χ2n) is 5.38. The number of hydrogen-bond acceptors (Lipinski definition) is 4. The van der Waals surface area contributed by atoms with Crippen molar-refractivity contribution in [2.75, 3.05) is 0 Å². The van der Waals surface area contributed by atoms with Gasteiger partial charge >= 0.3 is 24.3 Å². The summed E-state index contributed by atoms with van der Waals surface area (Å²) in [4.78, 5) is 23.4. The summed E-state index contributed by atoms with van der Waals surface area (Å²) in [6.07, 6.45) is -8.51. The zero-order chi connectivity index (χ0) is 20.2. The fourth-order valence-electron chi connectivity index (χ4n) is 2.23. The number of halogens is 6. The van der Waals surface area contributed by atoms with Crippen molar-refractivity contribution in [2.24, 2.45) is 0 Å². The van der Waals surface area contributed by atoms with Gasteiger partial charge in [0.05, 0.1) is 11.1 Å². The zero-order valence-corrected chi connectivity index (χ0v) is 13.5. The third kappa shape index (κ3) is 5.60. The van der Waals surface area contributed by atoms with E-state index in [1.807, 2.05) is 0 Å². The third-order valence-corrected chi connectivity index (χ3v) is 3.34. The van der Waals surface area contributed by atoms with Crippen molar-refractivity contribution in [3.8, 4) is 5.75 Å². The minimum Gasteiger partial charge on any atom is -0.426 e. The number of allylic oxidation sites excluding steroid dienone is 3. The molecule has 0 aliphatic heterocycles. The maximum absolute atomic E-state index is 12.8. The Morgan fingerprint density at radius 1 is 0.852 bits per heavy atom. The molecule has 2 rings (SSSR count). The second kappa shape index (κ2) is 7.85. The SMILES string of the molecule is O=C(CC(=O)Oc1ccccc1C(F)(F)F)OC1=CCCC=C1C(F)(F)F. The van der Waals surface area contributed by atoms with Crippen molar-refractivity contribution in [1.29, 1.82) is 0 Å². The standard InChI is InChI=1S/C17H12F6O4/c18-16(19,20)10-5-1-3-7-12(10)26-14(24)9-15(25)27-13-8-4-2-6-11(13)17(21,22)23/h1,3,5-8H,2,4,9H2. The minimum absolute atomic E-state index is 0.103. The van der Waals surface area contributed by atoms with Crippen LogP contribution in [0.1, 0.15) is 24.8 Å². The van der Waals surface area contributed by atoms with E-state index < -0.39 is 53.4 Å². The molecule has 4 nitrogen and oxygen atoms in total. The van der Waals surface area contributed by atoms with Gasteiger partial charge in [-0.3, -0.25) is 9.59 Å². The van der Waals surface area contributed by atoms with Crippen LogP contribution < -0.4 is 4.74 Å². The Labute approximate surface area is 149 Å². The first-order chi connectivity index (χ1) is 12.5. The van der Waals surface area contributed by atoms with Gasteiger partial charge in [0.2, 0.25) is 0 Å². The first kappa shape index (κ1) is 20.5. The molecule has 27 heavy (non-hydrogen) atoms. The van der Waals surface area contributed by atoms with Gasteiger partial charge in [0.25, 0.3) is 0 Å². The predicted molar refractivity (Wildman–Crippen MR) is 79.2 cm³/mol. The molecule has 0 unspecified atom stereocenters. The topological polar surface area (TPSA) is 52.6 Å². The molecule has 1 aromatic rings. The normalized spacial score (nSPS) is 14.9. The van der Waals surface area contributed by atoms with Gasteiger partial charge in [-0.2, -0.15) is 26.3 Å². The summed E-state index contributed by atoms with van der Waals surface area (Å²) >= 11 is 0. The Balaban J connectivity index is 2.02. The molecule has 0 atom stereocenters. The molecule has 0 amide bonds. The van der Waals surface area contributed by atoms with Crippen LogP contribution in [0, 0.1) is 0 Å². The van der Waals surface area contributed by atoms with Gasteiger partial charge in [0.15, 0.2) is 0 Å². The fourth-order valence-corrected chi connectivity index (χ4v) is 2.23. The maximum Gasteiger partial charge on any atom is 0.419 e. The van der Waals surface area contributed by atoms with Gasteiger partial charge in [0, 0.05) is 0 Å². The van der Waals surface area contributed by atoms with Crippen LogP contribution in [-0.4, -0.2) is 18.1 Å². The minimum atomic E-state index is -4.79. The number of para-hydroxylation sites is 1. The number of alkyl halides is 6. The Kier molecular flexibility index (Phi) is 5.97. The number of carbonyl (C=O) groups is 2. The van der Waals surface area contributed by atoms with E-state index in [0.29, 0.717) is 6.07 Å². The molecule has 0 radical (unpaired) electrons. The molecular formula is C17H12F6O4. The van der Waals surface area contributed by atoms with E-state index in [1.165, 1.54) is 6.07 Å². The van der Waals surface area contributed by atoms with Crippen LogP contribution in [0.25, 0.3) is 0 Å². The first-order valence-corrected chi connectivity index (χ1v) is 7.54. The molecule has 1 aromatic carbocycles. The summed E-state index contributed by atoms with van der Waals surface area (Å²) < 4.78 is 86.1. The summed E-state index contributed by atoms with van der Waals surface area (Å²) in [5.41, 5.74) is -2.39. The molecule has 0 N–H and O–H groups in total. The lowest BCUT2D eigenvalue weighted by atomic mass is 10.0. The van der Waals surface area contributed by atoms with Gasteiger partial charge in [0.1, 0.15) is 17.9 Å². The predicted octanol–water partition coefficient (Wildman–Crippen LogP) is 4.71. The molecule has 1 aliphatic rings.